The monoisotopic (exact) mass is 475 g/mol. The Morgan fingerprint density at radius 2 is 1.82 bits per heavy atom. The lowest BCUT2D eigenvalue weighted by Gasteiger charge is -2.11. The van der Waals surface area contributed by atoms with Gasteiger partial charge in [0.05, 0.1) is 5.02 Å². The molecule has 11 heteroatoms. The molecule has 0 spiro atoms. The molecule has 1 amide bonds. The van der Waals surface area contributed by atoms with Gasteiger partial charge in [0.2, 0.25) is 0 Å². The van der Waals surface area contributed by atoms with Crippen molar-refractivity contribution in [3.63, 3.8) is 0 Å². The van der Waals surface area contributed by atoms with Crippen LogP contribution in [0.5, 0.6) is 0 Å². The van der Waals surface area contributed by atoms with Gasteiger partial charge in [0, 0.05) is 26.8 Å². The van der Waals surface area contributed by atoms with Crippen LogP contribution in [0.3, 0.4) is 0 Å². The Hall–Kier alpha value is -1.71. The summed E-state index contributed by atoms with van der Waals surface area (Å²) in [5.74, 6) is -0.890. The molecule has 1 aromatic heterocycles. The summed E-state index contributed by atoms with van der Waals surface area (Å²) in [4.78, 5) is 16.7. The second-order valence-corrected chi connectivity index (χ2v) is 9.25. The van der Waals surface area contributed by atoms with Crippen molar-refractivity contribution in [1.29, 1.82) is 0 Å². The summed E-state index contributed by atoms with van der Waals surface area (Å²) in [6.45, 7) is 0. The van der Waals surface area contributed by atoms with Crippen molar-refractivity contribution in [2.75, 3.05) is 6.26 Å². The number of imidazole rings is 1. The predicted octanol–water partition coefficient (Wildman–Crippen LogP) is 4.67. The highest BCUT2D eigenvalue weighted by atomic mass is 35.5. The molecule has 1 N–H and O–H groups in total. The van der Waals surface area contributed by atoms with Crippen LogP contribution in [0, 0.1) is 0 Å². The zero-order valence-corrected chi connectivity index (χ0v) is 18.1. The Labute approximate surface area is 180 Å². The van der Waals surface area contributed by atoms with E-state index in [0.717, 1.165) is 0 Å². The number of hydrogen-bond acceptors (Lipinski definition) is 5. The second kappa shape index (κ2) is 8.34. The number of carbonyl (C=O) groups excluding carboxylic acids is 1. The summed E-state index contributed by atoms with van der Waals surface area (Å²) in [6.07, 6.45) is 4.44. The Balaban J connectivity index is 1.89. The minimum atomic E-state index is -4.19. The van der Waals surface area contributed by atoms with Gasteiger partial charge in [-0.2, -0.15) is 0 Å². The van der Waals surface area contributed by atoms with Crippen LogP contribution in [0.25, 0.3) is 5.69 Å². The van der Waals surface area contributed by atoms with Crippen LogP contribution in [0.2, 0.25) is 15.1 Å². The molecular formula is C17H12Cl3N3O3S2. The first kappa shape index (κ1) is 21.0. The summed E-state index contributed by atoms with van der Waals surface area (Å²) < 4.78 is 28.9. The van der Waals surface area contributed by atoms with E-state index < -0.39 is 15.9 Å². The van der Waals surface area contributed by atoms with E-state index in [1.165, 1.54) is 34.9 Å². The number of nitrogens with zero attached hydrogens (tertiary/aromatic N) is 2. The molecule has 0 aliphatic carbocycles. The molecule has 0 atom stereocenters. The van der Waals surface area contributed by atoms with Crippen LogP contribution >= 0.6 is 46.6 Å². The van der Waals surface area contributed by atoms with Crippen LogP contribution in [-0.2, 0) is 10.0 Å². The molecule has 3 aromatic rings. The number of thioether (sulfide) groups is 1. The molecule has 146 valence electrons. The number of sulfonamides is 1. The van der Waals surface area contributed by atoms with Crippen LogP contribution < -0.4 is 4.72 Å². The van der Waals surface area contributed by atoms with E-state index in [9.17, 15) is 13.2 Å². The number of benzene rings is 2. The van der Waals surface area contributed by atoms with Gasteiger partial charge in [-0.3, -0.25) is 4.79 Å². The second-order valence-electron chi connectivity index (χ2n) is 5.50. The molecule has 28 heavy (non-hydrogen) atoms. The van der Waals surface area contributed by atoms with Gasteiger partial charge < -0.3 is 4.57 Å². The standard InChI is InChI=1S/C17H12Cl3N3O3S2/c1-27-15-4-2-3-13(20)16(15)28(25,26)22-17(24)14-8-23(9-21-14)12-6-10(18)5-11(19)7-12/h2-9H,1H3,(H,22,24). The number of hydrogen-bond donors (Lipinski definition) is 1. The molecule has 2 aromatic carbocycles. The first-order valence-corrected chi connectivity index (χ1v) is 11.5. The van der Waals surface area contributed by atoms with E-state index in [-0.39, 0.29) is 15.6 Å². The lowest BCUT2D eigenvalue weighted by molar-refractivity contribution is 0.0977. The minimum absolute atomic E-state index is 0.0197. The van der Waals surface area contributed by atoms with Crippen molar-refractivity contribution in [1.82, 2.24) is 14.3 Å². The summed E-state index contributed by atoms with van der Waals surface area (Å²) in [5, 5.41) is 0.840. The Kier molecular flexibility index (Phi) is 6.26. The maximum Gasteiger partial charge on any atom is 0.285 e. The molecule has 0 aliphatic rings. The fourth-order valence-electron chi connectivity index (χ4n) is 2.41. The van der Waals surface area contributed by atoms with Crippen LogP contribution in [-0.4, -0.2) is 30.1 Å². The smallest absolute Gasteiger partial charge is 0.285 e. The van der Waals surface area contributed by atoms with Crippen molar-refractivity contribution >= 4 is 62.5 Å². The van der Waals surface area contributed by atoms with E-state index in [1.54, 1.807) is 36.6 Å². The van der Waals surface area contributed by atoms with Crippen molar-refractivity contribution < 1.29 is 13.2 Å². The van der Waals surface area contributed by atoms with Crippen LogP contribution in [0.4, 0.5) is 0 Å². The molecule has 0 unspecified atom stereocenters. The van der Waals surface area contributed by atoms with Crippen molar-refractivity contribution in [2.24, 2.45) is 0 Å². The van der Waals surface area contributed by atoms with Crippen LogP contribution in [0.15, 0.2) is 58.7 Å². The number of carbonyl (C=O) groups is 1. The summed E-state index contributed by atoms with van der Waals surface area (Å²) in [7, 11) is -4.19. The molecule has 0 saturated heterocycles. The molecule has 0 aliphatic heterocycles. The maximum atomic E-state index is 12.7. The number of amides is 1. The van der Waals surface area contributed by atoms with E-state index >= 15 is 0 Å². The van der Waals surface area contributed by atoms with E-state index in [2.05, 4.69) is 4.98 Å². The van der Waals surface area contributed by atoms with E-state index in [1.807, 2.05) is 4.72 Å². The lowest BCUT2D eigenvalue weighted by atomic mass is 10.3. The Morgan fingerprint density at radius 1 is 1.14 bits per heavy atom. The van der Waals surface area contributed by atoms with Gasteiger partial charge in [0.25, 0.3) is 15.9 Å². The zero-order chi connectivity index (χ0) is 20.5. The fraction of sp³-hybridized carbons (Fsp3) is 0.0588. The predicted molar refractivity (Wildman–Crippen MR) is 111 cm³/mol. The Bertz CT molecular complexity index is 1140. The highest BCUT2D eigenvalue weighted by Gasteiger charge is 2.25. The molecule has 0 fully saturated rings. The van der Waals surface area contributed by atoms with Gasteiger partial charge in [0.1, 0.15) is 16.9 Å². The molecule has 0 bridgehead atoms. The SMILES string of the molecule is CSc1cccc(Cl)c1S(=O)(=O)NC(=O)c1cn(-c2cc(Cl)cc(Cl)c2)cn1. The number of rotatable bonds is 5. The molecule has 6 nitrogen and oxygen atoms in total. The fourth-order valence-corrected chi connectivity index (χ4v) is 5.65. The first-order chi connectivity index (χ1) is 13.2. The molecule has 0 radical (unpaired) electrons. The summed E-state index contributed by atoms with van der Waals surface area (Å²) in [6, 6.07) is 9.50. The van der Waals surface area contributed by atoms with Crippen LogP contribution in [0.1, 0.15) is 10.5 Å². The number of aromatic nitrogens is 2. The van der Waals surface area contributed by atoms with Gasteiger partial charge >= 0.3 is 0 Å². The third kappa shape index (κ3) is 4.47. The van der Waals surface area contributed by atoms with Gasteiger partial charge in [0.15, 0.2) is 0 Å². The molecule has 3 rings (SSSR count). The zero-order valence-electron chi connectivity index (χ0n) is 14.2. The van der Waals surface area contributed by atoms with Crippen molar-refractivity contribution in [2.45, 2.75) is 9.79 Å². The average molecular weight is 477 g/mol. The quantitative estimate of drug-likeness (QED) is 0.541. The number of halogens is 3. The van der Waals surface area contributed by atoms with Crippen molar-refractivity contribution in [3.8, 4) is 5.69 Å². The van der Waals surface area contributed by atoms with E-state index in [4.69, 9.17) is 34.8 Å². The van der Waals surface area contributed by atoms with Gasteiger partial charge in [-0.1, -0.05) is 40.9 Å². The van der Waals surface area contributed by atoms with E-state index in [0.29, 0.717) is 20.6 Å². The van der Waals surface area contributed by atoms with Gasteiger partial charge in [-0.05, 0) is 36.6 Å². The molecular weight excluding hydrogens is 465 g/mol. The summed E-state index contributed by atoms with van der Waals surface area (Å²) >= 11 is 19.2. The lowest BCUT2D eigenvalue weighted by Crippen LogP contribution is -2.31. The summed E-state index contributed by atoms with van der Waals surface area (Å²) in [5.41, 5.74) is 0.472. The maximum absolute atomic E-state index is 12.7. The number of nitrogens with one attached hydrogen (secondary N) is 1. The third-order valence-electron chi connectivity index (χ3n) is 3.61. The average Bonchev–Trinajstić information content (AvgIpc) is 3.10. The highest BCUT2D eigenvalue weighted by molar-refractivity contribution is 7.99. The third-order valence-corrected chi connectivity index (χ3v) is 6.81. The van der Waals surface area contributed by atoms with Gasteiger partial charge in [-0.15, -0.1) is 11.8 Å². The topological polar surface area (TPSA) is 81.1 Å². The molecule has 1 heterocycles. The normalized spacial score (nSPS) is 11.4. The minimum Gasteiger partial charge on any atom is -0.305 e. The largest absolute Gasteiger partial charge is 0.305 e. The highest BCUT2D eigenvalue weighted by Crippen LogP contribution is 2.31. The first-order valence-electron chi connectivity index (χ1n) is 7.61. The molecule has 0 saturated carbocycles. The Morgan fingerprint density at radius 3 is 2.46 bits per heavy atom. The van der Waals surface area contributed by atoms with Crippen molar-refractivity contribution in [3.05, 3.63) is 69.7 Å². The van der Waals surface area contributed by atoms with Gasteiger partial charge in [-0.25, -0.2) is 18.1 Å².